The van der Waals surface area contributed by atoms with Crippen LogP contribution in [0.15, 0.2) is 24.3 Å². The number of hydrogen-bond donors (Lipinski definition) is 1. The van der Waals surface area contributed by atoms with E-state index in [9.17, 15) is 14.4 Å². The van der Waals surface area contributed by atoms with Crippen LogP contribution in [-0.4, -0.2) is 60.0 Å². The van der Waals surface area contributed by atoms with Crippen molar-refractivity contribution < 1.29 is 19.1 Å². The van der Waals surface area contributed by atoms with Gasteiger partial charge in [0.05, 0.1) is 6.61 Å². The van der Waals surface area contributed by atoms with Gasteiger partial charge in [-0.25, -0.2) is 4.79 Å². The van der Waals surface area contributed by atoms with E-state index in [2.05, 4.69) is 19.2 Å². The van der Waals surface area contributed by atoms with Crippen LogP contribution >= 0.6 is 0 Å². The van der Waals surface area contributed by atoms with E-state index in [0.29, 0.717) is 32.5 Å². The van der Waals surface area contributed by atoms with E-state index in [1.807, 2.05) is 24.3 Å². The molecule has 0 aliphatic carbocycles. The van der Waals surface area contributed by atoms with E-state index in [4.69, 9.17) is 4.74 Å². The minimum Gasteiger partial charge on any atom is -0.450 e. The predicted molar refractivity (Wildman–Crippen MR) is 108 cm³/mol. The number of likely N-dealkylation sites (tertiary alicyclic amines) is 1. The lowest BCUT2D eigenvalue weighted by molar-refractivity contribution is -0.136. The summed E-state index contributed by atoms with van der Waals surface area (Å²) in [5.41, 5.74) is 1.84. The van der Waals surface area contributed by atoms with Crippen molar-refractivity contribution in [3.63, 3.8) is 0 Å². The summed E-state index contributed by atoms with van der Waals surface area (Å²) in [6, 6.07) is 7.64. The van der Waals surface area contributed by atoms with Crippen LogP contribution in [0.1, 0.15) is 52.0 Å². The largest absolute Gasteiger partial charge is 0.450 e. The smallest absolute Gasteiger partial charge is 0.409 e. The number of piperidine rings is 1. The molecule has 1 fully saturated rings. The number of para-hydroxylation sites is 1. The number of benzene rings is 1. The van der Waals surface area contributed by atoms with Gasteiger partial charge >= 0.3 is 6.09 Å². The van der Waals surface area contributed by atoms with Gasteiger partial charge in [0.1, 0.15) is 6.54 Å². The van der Waals surface area contributed by atoms with Gasteiger partial charge in [0.15, 0.2) is 0 Å². The molecule has 28 heavy (non-hydrogen) atoms. The van der Waals surface area contributed by atoms with Gasteiger partial charge < -0.3 is 19.9 Å². The Kier molecular flexibility index (Phi) is 7.84. The molecule has 0 spiro atoms. The van der Waals surface area contributed by atoms with Crippen LogP contribution in [0.25, 0.3) is 0 Å². The Hall–Kier alpha value is -2.57. The van der Waals surface area contributed by atoms with Crippen LogP contribution in [0, 0.1) is 0 Å². The lowest BCUT2D eigenvalue weighted by Crippen LogP contribution is -2.50. The van der Waals surface area contributed by atoms with Crippen LogP contribution in [-0.2, 0) is 14.3 Å². The third kappa shape index (κ3) is 5.71. The maximum Gasteiger partial charge on any atom is 0.409 e. The molecule has 7 heteroatoms. The number of hydrogen-bond acceptors (Lipinski definition) is 4. The number of rotatable bonds is 6. The first kappa shape index (κ1) is 21.7. The number of nitrogens with one attached hydrogen (secondary N) is 1. The molecule has 7 nitrogen and oxygen atoms in total. The molecule has 0 bridgehead atoms. The fourth-order valence-corrected chi connectivity index (χ4v) is 3.53. The second-order valence-electron chi connectivity index (χ2n) is 7.35. The highest BCUT2D eigenvalue weighted by atomic mass is 16.6. The monoisotopic (exact) mass is 389 g/mol. The molecular weight excluding hydrogens is 358 g/mol. The lowest BCUT2D eigenvalue weighted by atomic mass is 10.0. The summed E-state index contributed by atoms with van der Waals surface area (Å²) in [4.78, 5) is 39.9. The Bertz CT molecular complexity index is 697. The lowest BCUT2D eigenvalue weighted by Gasteiger charge is -2.37. The van der Waals surface area contributed by atoms with Gasteiger partial charge in [-0.1, -0.05) is 32.0 Å². The summed E-state index contributed by atoms with van der Waals surface area (Å²) in [6.45, 7) is 8.79. The van der Waals surface area contributed by atoms with Gasteiger partial charge in [-0.05, 0) is 37.3 Å². The number of anilines is 1. The molecule has 0 atom stereocenters. The predicted octanol–water partition coefficient (Wildman–Crippen LogP) is 3.22. The first-order valence-corrected chi connectivity index (χ1v) is 9.91. The average molecular weight is 389 g/mol. The molecule has 2 rings (SSSR count). The molecule has 1 aliphatic rings. The zero-order chi connectivity index (χ0) is 20.7. The average Bonchev–Trinajstić information content (AvgIpc) is 2.66. The summed E-state index contributed by atoms with van der Waals surface area (Å²) >= 11 is 0. The van der Waals surface area contributed by atoms with Crippen LogP contribution in [0.5, 0.6) is 0 Å². The molecule has 154 valence electrons. The highest BCUT2D eigenvalue weighted by Gasteiger charge is 2.30. The van der Waals surface area contributed by atoms with Crippen molar-refractivity contribution in [2.45, 2.75) is 52.5 Å². The molecule has 3 amide bonds. The summed E-state index contributed by atoms with van der Waals surface area (Å²) in [7, 11) is 0. The molecule has 0 radical (unpaired) electrons. The van der Waals surface area contributed by atoms with Crippen molar-refractivity contribution in [1.82, 2.24) is 9.80 Å². The van der Waals surface area contributed by atoms with Crippen LogP contribution < -0.4 is 5.32 Å². The van der Waals surface area contributed by atoms with Crippen LogP contribution in [0.3, 0.4) is 0 Å². The van der Waals surface area contributed by atoms with Crippen molar-refractivity contribution in [2.75, 3.05) is 31.6 Å². The fraction of sp³-hybridized carbons (Fsp3) is 0.571. The molecule has 1 saturated heterocycles. The zero-order valence-electron chi connectivity index (χ0n) is 17.2. The second kappa shape index (κ2) is 10.1. The van der Waals surface area contributed by atoms with Gasteiger partial charge in [0, 0.05) is 31.7 Å². The molecular formula is C21H31N3O4. The molecule has 1 N–H and O–H groups in total. The van der Waals surface area contributed by atoms with Gasteiger partial charge in [-0.2, -0.15) is 0 Å². The summed E-state index contributed by atoms with van der Waals surface area (Å²) in [6.07, 6.45) is 0.945. The summed E-state index contributed by atoms with van der Waals surface area (Å²) in [5.74, 6) is -0.0642. The van der Waals surface area contributed by atoms with E-state index < -0.39 is 0 Å². The quantitative estimate of drug-likeness (QED) is 0.810. The summed E-state index contributed by atoms with van der Waals surface area (Å²) < 4.78 is 5.03. The van der Waals surface area contributed by atoms with E-state index in [1.54, 1.807) is 16.7 Å². The van der Waals surface area contributed by atoms with Gasteiger partial charge in [0.25, 0.3) is 0 Å². The molecule has 1 aromatic carbocycles. The standard InChI is InChI=1S/C21H31N3O4/c1-5-28-21(27)23-12-10-17(11-13-23)24(16(4)25)14-20(26)22-19-9-7-6-8-18(19)15(2)3/h6-9,15,17H,5,10-14H2,1-4H3,(H,22,26). The van der Waals surface area contributed by atoms with E-state index in [1.165, 1.54) is 6.92 Å². The highest BCUT2D eigenvalue weighted by molar-refractivity contribution is 5.95. The van der Waals surface area contributed by atoms with Crippen molar-refractivity contribution >= 4 is 23.6 Å². The van der Waals surface area contributed by atoms with E-state index in [-0.39, 0.29) is 36.4 Å². The number of carbonyl (C=O) groups excluding carboxylic acids is 3. The molecule has 1 aromatic rings. The maximum absolute atomic E-state index is 12.6. The Morgan fingerprint density at radius 2 is 1.86 bits per heavy atom. The van der Waals surface area contributed by atoms with Gasteiger partial charge in [-0.15, -0.1) is 0 Å². The normalized spacial score (nSPS) is 14.7. The second-order valence-corrected chi connectivity index (χ2v) is 7.35. The topological polar surface area (TPSA) is 79.0 Å². The van der Waals surface area contributed by atoms with Crippen LogP contribution in [0.2, 0.25) is 0 Å². The van der Waals surface area contributed by atoms with Crippen molar-refractivity contribution in [2.24, 2.45) is 0 Å². The molecule has 0 saturated carbocycles. The third-order valence-corrected chi connectivity index (χ3v) is 5.01. The van der Waals surface area contributed by atoms with Gasteiger partial charge in [0.2, 0.25) is 11.8 Å². The summed E-state index contributed by atoms with van der Waals surface area (Å²) in [5, 5.41) is 2.94. The SMILES string of the molecule is CCOC(=O)N1CCC(N(CC(=O)Nc2ccccc2C(C)C)C(C)=O)CC1. The van der Waals surface area contributed by atoms with Crippen molar-refractivity contribution in [3.05, 3.63) is 29.8 Å². The highest BCUT2D eigenvalue weighted by Crippen LogP contribution is 2.24. The fourth-order valence-electron chi connectivity index (χ4n) is 3.53. The molecule has 0 aromatic heterocycles. The first-order chi connectivity index (χ1) is 13.3. The van der Waals surface area contributed by atoms with Gasteiger partial charge in [-0.3, -0.25) is 9.59 Å². The number of amides is 3. The number of nitrogens with zero attached hydrogens (tertiary/aromatic N) is 2. The van der Waals surface area contributed by atoms with Crippen molar-refractivity contribution in [3.8, 4) is 0 Å². The Morgan fingerprint density at radius 1 is 1.21 bits per heavy atom. The minimum absolute atomic E-state index is 0.00579. The van der Waals surface area contributed by atoms with E-state index >= 15 is 0 Å². The van der Waals surface area contributed by atoms with Crippen molar-refractivity contribution in [1.29, 1.82) is 0 Å². The molecule has 1 aliphatic heterocycles. The zero-order valence-corrected chi connectivity index (χ0v) is 17.2. The Morgan fingerprint density at radius 3 is 2.43 bits per heavy atom. The number of ether oxygens (including phenoxy) is 1. The van der Waals surface area contributed by atoms with E-state index in [0.717, 1.165) is 11.3 Å². The minimum atomic E-state index is -0.321. The maximum atomic E-state index is 12.6. The Balaban J connectivity index is 1.97. The van der Waals surface area contributed by atoms with Crippen LogP contribution in [0.4, 0.5) is 10.5 Å². The number of carbonyl (C=O) groups is 3. The molecule has 0 unspecified atom stereocenters. The Labute approximate surface area is 167 Å². The first-order valence-electron chi connectivity index (χ1n) is 9.91. The third-order valence-electron chi connectivity index (χ3n) is 5.01. The molecule has 1 heterocycles.